The fourth-order valence-corrected chi connectivity index (χ4v) is 3.61. The molecule has 0 radical (unpaired) electrons. The average molecular weight is 471 g/mol. The molecule has 1 heterocycles. The summed E-state index contributed by atoms with van der Waals surface area (Å²) in [6, 6.07) is 23.7. The van der Waals surface area contributed by atoms with E-state index in [1.54, 1.807) is 23.1 Å². The number of oxime groups is 1. The van der Waals surface area contributed by atoms with Crippen LogP contribution in [0.4, 0.5) is 0 Å². The van der Waals surface area contributed by atoms with E-state index in [2.05, 4.69) is 39.5 Å². The van der Waals surface area contributed by atoms with E-state index in [-0.39, 0.29) is 19.6 Å². The number of rotatable bonds is 11. The van der Waals surface area contributed by atoms with Crippen LogP contribution in [-0.4, -0.2) is 44.8 Å². The van der Waals surface area contributed by atoms with Crippen LogP contribution in [0.5, 0.6) is 5.75 Å². The van der Waals surface area contributed by atoms with Crippen molar-refractivity contribution in [2.45, 2.75) is 19.9 Å². The van der Waals surface area contributed by atoms with Crippen LogP contribution in [0.3, 0.4) is 0 Å². The summed E-state index contributed by atoms with van der Waals surface area (Å²) in [5, 5.41) is 17.6. The summed E-state index contributed by atoms with van der Waals surface area (Å²) < 4.78 is 7.48. The molecule has 8 heteroatoms. The number of nitrogens with zero attached hydrogens (tertiary/aromatic N) is 4. The summed E-state index contributed by atoms with van der Waals surface area (Å²) >= 11 is 0. The Morgan fingerprint density at radius 2 is 1.74 bits per heavy atom. The van der Waals surface area contributed by atoms with E-state index in [1.807, 2.05) is 43.3 Å². The minimum Gasteiger partial charge on any atom is -0.490 e. The molecule has 0 spiro atoms. The van der Waals surface area contributed by atoms with Gasteiger partial charge >= 0.3 is 5.97 Å². The van der Waals surface area contributed by atoms with Gasteiger partial charge in [0.2, 0.25) is 0 Å². The summed E-state index contributed by atoms with van der Waals surface area (Å²) in [6.45, 7) is 2.75. The summed E-state index contributed by atoms with van der Waals surface area (Å²) in [4.78, 5) is 20.6. The van der Waals surface area contributed by atoms with Crippen molar-refractivity contribution in [1.29, 1.82) is 0 Å². The third kappa shape index (κ3) is 6.54. The zero-order chi connectivity index (χ0) is 24.5. The second-order valence-corrected chi connectivity index (χ2v) is 7.87. The van der Waals surface area contributed by atoms with Gasteiger partial charge < -0.3 is 14.7 Å². The Bertz CT molecular complexity index is 1270. The average Bonchev–Trinajstić information content (AvgIpc) is 3.39. The number of ether oxygens (including phenoxy) is 1. The van der Waals surface area contributed by atoms with E-state index in [1.165, 1.54) is 6.33 Å². The lowest BCUT2D eigenvalue weighted by Gasteiger charge is -2.12. The molecule has 0 atom stereocenters. The van der Waals surface area contributed by atoms with E-state index >= 15 is 0 Å². The molecular weight excluding hydrogens is 444 g/mol. The second kappa shape index (κ2) is 11.6. The predicted octanol–water partition coefficient (Wildman–Crippen LogP) is 4.38. The molecule has 3 aromatic carbocycles. The fourth-order valence-electron chi connectivity index (χ4n) is 3.61. The molecule has 4 rings (SSSR count). The molecule has 178 valence electrons. The molecule has 8 nitrogen and oxygen atoms in total. The molecule has 0 unspecified atom stereocenters. The van der Waals surface area contributed by atoms with Gasteiger partial charge in [-0.2, -0.15) is 5.10 Å². The number of hydrogen-bond donors (Lipinski definition) is 1. The van der Waals surface area contributed by atoms with E-state index in [9.17, 15) is 4.79 Å². The van der Waals surface area contributed by atoms with Crippen LogP contribution < -0.4 is 4.74 Å². The van der Waals surface area contributed by atoms with Crippen LogP contribution in [-0.2, 0) is 22.6 Å². The first-order valence-electron chi connectivity index (χ1n) is 11.2. The lowest BCUT2D eigenvalue weighted by Crippen LogP contribution is -2.14. The minimum atomic E-state index is -0.875. The smallest absolute Gasteiger partial charge is 0.307 e. The predicted molar refractivity (Wildman–Crippen MR) is 132 cm³/mol. The number of hydrogen-bond acceptors (Lipinski definition) is 6. The van der Waals surface area contributed by atoms with Gasteiger partial charge in [-0.1, -0.05) is 71.9 Å². The fraction of sp³-hybridized carbons (Fsp3) is 0.185. The quantitative estimate of drug-likeness (QED) is 0.198. The van der Waals surface area contributed by atoms with Crippen LogP contribution in [0.1, 0.15) is 16.7 Å². The van der Waals surface area contributed by atoms with Crippen molar-refractivity contribution in [3.8, 4) is 16.9 Å². The van der Waals surface area contributed by atoms with Crippen molar-refractivity contribution in [1.82, 2.24) is 14.8 Å². The Balaban J connectivity index is 1.41. The van der Waals surface area contributed by atoms with Gasteiger partial charge in [-0.25, -0.2) is 9.67 Å². The lowest BCUT2D eigenvalue weighted by molar-refractivity contribution is -0.136. The summed E-state index contributed by atoms with van der Waals surface area (Å²) in [5.41, 5.74) is 5.41. The van der Waals surface area contributed by atoms with Gasteiger partial charge in [-0.3, -0.25) is 4.79 Å². The highest BCUT2D eigenvalue weighted by atomic mass is 16.6. The molecule has 0 aliphatic carbocycles. The van der Waals surface area contributed by atoms with Gasteiger partial charge in [0.15, 0.2) is 6.61 Å². The second-order valence-electron chi connectivity index (χ2n) is 7.87. The van der Waals surface area contributed by atoms with Gasteiger partial charge in [0.25, 0.3) is 0 Å². The van der Waals surface area contributed by atoms with Crippen molar-refractivity contribution < 1.29 is 19.5 Å². The Hall–Kier alpha value is -4.46. The van der Waals surface area contributed by atoms with Crippen LogP contribution in [0, 0.1) is 6.92 Å². The molecular formula is C27H26N4O4. The molecule has 0 saturated heterocycles. The maximum atomic E-state index is 11.0. The topological polar surface area (TPSA) is 98.8 Å². The van der Waals surface area contributed by atoms with E-state index in [4.69, 9.17) is 14.7 Å². The van der Waals surface area contributed by atoms with Crippen molar-refractivity contribution in [2.75, 3.05) is 13.2 Å². The van der Waals surface area contributed by atoms with Crippen LogP contribution in [0.2, 0.25) is 0 Å². The first-order chi connectivity index (χ1) is 17.1. The molecule has 0 bridgehead atoms. The van der Waals surface area contributed by atoms with Crippen LogP contribution in [0.25, 0.3) is 11.1 Å². The Morgan fingerprint density at radius 1 is 0.971 bits per heavy atom. The Morgan fingerprint density at radius 3 is 2.46 bits per heavy atom. The number of carbonyl (C=O) groups is 1. The van der Waals surface area contributed by atoms with Crippen molar-refractivity contribution in [3.05, 3.63) is 102 Å². The maximum absolute atomic E-state index is 11.0. The molecule has 0 aliphatic rings. The number of benzene rings is 3. The molecule has 0 saturated carbocycles. The van der Waals surface area contributed by atoms with E-state index in [0.29, 0.717) is 18.0 Å². The maximum Gasteiger partial charge on any atom is 0.307 e. The molecule has 4 aromatic rings. The first kappa shape index (κ1) is 23.7. The van der Waals surface area contributed by atoms with Gasteiger partial charge in [0, 0.05) is 5.56 Å². The van der Waals surface area contributed by atoms with Crippen LogP contribution >= 0.6 is 0 Å². The molecule has 0 amide bonds. The number of aromatic nitrogens is 3. The summed E-state index contributed by atoms with van der Waals surface area (Å²) in [5.74, 6) is -0.240. The van der Waals surface area contributed by atoms with E-state index < -0.39 is 5.97 Å². The monoisotopic (exact) mass is 470 g/mol. The molecule has 0 aliphatic heterocycles. The largest absolute Gasteiger partial charge is 0.490 e. The molecule has 1 N–H and O–H groups in total. The third-order valence-electron chi connectivity index (χ3n) is 5.45. The van der Waals surface area contributed by atoms with Crippen molar-refractivity contribution in [2.24, 2.45) is 5.16 Å². The van der Waals surface area contributed by atoms with Crippen molar-refractivity contribution in [3.63, 3.8) is 0 Å². The normalized spacial score (nSPS) is 11.3. The van der Waals surface area contributed by atoms with Crippen molar-refractivity contribution >= 4 is 11.7 Å². The van der Waals surface area contributed by atoms with Gasteiger partial charge in [-0.05, 0) is 35.2 Å². The zero-order valence-corrected chi connectivity index (χ0v) is 19.4. The van der Waals surface area contributed by atoms with Gasteiger partial charge in [-0.15, -0.1) is 0 Å². The standard InChI is InChI=1S/C27H26N4O4/c1-20-24(16-27(32)33)8-5-9-26(20)34-14-15-35-30-25(17-31-19-28-18-29-31)23-12-10-22(11-13-23)21-6-3-2-4-7-21/h2-13,18-19H,14-17H2,1H3,(H,32,33)/b30-25+. The zero-order valence-electron chi connectivity index (χ0n) is 19.4. The molecule has 35 heavy (non-hydrogen) atoms. The first-order valence-corrected chi connectivity index (χ1v) is 11.2. The van der Waals surface area contributed by atoms with Gasteiger partial charge in [0.05, 0.1) is 13.0 Å². The highest BCUT2D eigenvalue weighted by Gasteiger charge is 2.10. The Labute approximate surface area is 203 Å². The molecule has 1 aromatic heterocycles. The van der Waals surface area contributed by atoms with Gasteiger partial charge in [0.1, 0.15) is 30.7 Å². The third-order valence-corrected chi connectivity index (χ3v) is 5.45. The van der Waals surface area contributed by atoms with Crippen LogP contribution in [0.15, 0.2) is 90.6 Å². The minimum absolute atomic E-state index is 0.0431. The highest BCUT2D eigenvalue weighted by Crippen LogP contribution is 2.22. The summed E-state index contributed by atoms with van der Waals surface area (Å²) in [7, 11) is 0. The number of carboxylic acid groups (broad SMARTS) is 1. The SMILES string of the molecule is Cc1c(CC(=O)O)cccc1OCCO/N=C(\Cn1cncn1)c1ccc(-c2ccccc2)cc1. The Kier molecular flexibility index (Phi) is 7.85. The lowest BCUT2D eigenvalue weighted by atomic mass is 10.0. The number of aliphatic carboxylic acids is 1. The summed E-state index contributed by atoms with van der Waals surface area (Å²) in [6.07, 6.45) is 3.06. The molecule has 0 fully saturated rings. The number of carboxylic acids is 1. The highest BCUT2D eigenvalue weighted by molar-refractivity contribution is 6.00. The van der Waals surface area contributed by atoms with E-state index in [0.717, 1.165) is 27.8 Å².